The highest BCUT2D eigenvalue weighted by Crippen LogP contribution is 2.45. The molecule has 3 aliphatic rings. The fourth-order valence-corrected chi connectivity index (χ4v) is 4.69. The summed E-state index contributed by atoms with van der Waals surface area (Å²) in [5.41, 5.74) is 0.423. The maximum absolute atomic E-state index is 10.6. The van der Waals surface area contributed by atoms with Crippen molar-refractivity contribution >= 4 is 23.6 Å². The van der Waals surface area contributed by atoms with E-state index >= 15 is 0 Å². The number of halogens is 6. The molecule has 0 radical (unpaired) electrons. The van der Waals surface area contributed by atoms with Crippen LogP contribution in [0.15, 0.2) is 12.4 Å². The molecule has 228 valence electrons. The molecule has 10 nitrogen and oxygen atoms in total. The standard InChI is InChI=1S/C20H33N5O.2C2HF3O2/c1-23(2)18-10-19(22-15-21-18)25-8-6-20(7-9-25)14-24(3)11-17(20)13-26-12-16-4-5-16;2*3-2(4,5)1(6)7/h10,15-17H,4-9,11-14H2,1-3H3;2*(H,6,7). The van der Waals surface area contributed by atoms with E-state index in [0.717, 1.165) is 43.9 Å². The van der Waals surface area contributed by atoms with Gasteiger partial charge in [-0.3, -0.25) is 0 Å². The lowest BCUT2D eigenvalue weighted by Gasteiger charge is -2.43. The van der Waals surface area contributed by atoms with Gasteiger partial charge in [-0.05, 0) is 44.1 Å². The fourth-order valence-electron chi connectivity index (χ4n) is 4.69. The number of rotatable bonds is 6. The molecule has 1 aliphatic carbocycles. The number of hydrogen-bond donors (Lipinski definition) is 2. The van der Waals surface area contributed by atoms with Crippen LogP contribution in [0.5, 0.6) is 0 Å². The zero-order valence-corrected chi connectivity index (χ0v) is 22.5. The number of alkyl halides is 6. The summed E-state index contributed by atoms with van der Waals surface area (Å²) in [6.45, 7) is 6.48. The smallest absolute Gasteiger partial charge is 0.475 e. The molecule has 2 aliphatic heterocycles. The number of ether oxygens (including phenoxy) is 1. The highest BCUT2D eigenvalue weighted by molar-refractivity contribution is 5.73. The zero-order valence-electron chi connectivity index (χ0n) is 22.5. The summed E-state index contributed by atoms with van der Waals surface area (Å²) in [5, 5.41) is 14.2. The van der Waals surface area contributed by atoms with E-state index in [0.29, 0.717) is 11.3 Å². The van der Waals surface area contributed by atoms with Crippen LogP contribution < -0.4 is 9.80 Å². The summed E-state index contributed by atoms with van der Waals surface area (Å²) >= 11 is 0. The van der Waals surface area contributed by atoms with Crippen LogP contribution in [0.4, 0.5) is 38.0 Å². The minimum Gasteiger partial charge on any atom is -0.475 e. The Bertz CT molecular complexity index is 958. The first-order valence-corrected chi connectivity index (χ1v) is 12.6. The monoisotopic (exact) mass is 587 g/mol. The number of carbonyl (C=O) groups is 2. The maximum Gasteiger partial charge on any atom is 0.490 e. The van der Waals surface area contributed by atoms with Gasteiger partial charge in [-0.2, -0.15) is 26.3 Å². The third kappa shape index (κ3) is 10.3. The van der Waals surface area contributed by atoms with Crippen LogP contribution in [-0.4, -0.2) is 110 Å². The van der Waals surface area contributed by atoms with Gasteiger partial charge in [-0.1, -0.05) is 0 Å². The molecule has 3 fully saturated rings. The normalized spacial score (nSPS) is 20.7. The lowest BCUT2D eigenvalue weighted by molar-refractivity contribution is -0.193. The zero-order chi connectivity index (χ0) is 30.3. The van der Waals surface area contributed by atoms with Gasteiger partial charge in [-0.25, -0.2) is 19.6 Å². The minimum absolute atomic E-state index is 0.423. The van der Waals surface area contributed by atoms with Crippen LogP contribution in [-0.2, 0) is 14.3 Å². The van der Waals surface area contributed by atoms with Gasteiger partial charge in [0.1, 0.15) is 18.0 Å². The Balaban J connectivity index is 0.000000333. The van der Waals surface area contributed by atoms with Gasteiger partial charge < -0.3 is 29.6 Å². The first-order chi connectivity index (χ1) is 18.4. The summed E-state index contributed by atoms with van der Waals surface area (Å²) in [7, 11) is 6.32. The minimum atomic E-state index is -5.08. The van der Waals surface area contributed by atoms with Gasteiger partial charge >= 0.3 is 24.3 Å². The summed E-state index contributed by atoms with van der Waals surface area (Å²) in [4.78, 5) is 33.6. The Labute approximate surface area is 227 Å². The van der Waals surface area contributed by atoms with Crippen molar-refractivity contribution in [2.75, 3.05) is 70.3 Å². The molecule has 2 N–H and O–H groups in total. The number of likely N-dealkylation sites (tertiary alicyclic amines) is 1. The number of aromatic nitrogens is 2. The third-order valence-electron chi connectivity index (χ3n) is 7.02. The third-order valence-corrected chi connectivity index (χ3v) is 7.02. The van der Waals surface area contributed by atoms with Crippen molar-refractivity contribution < 1.29 is 50.9 Å². The Hall–Kier alpha value is -2.88. The predicted octanol–water partition coefficient (Wildman–Crippen LogP) is 3.38. The summed E-state index contributed by atoms with van der Waals surface area (Å²) < 4.78 is 69.6. The molecule has 3 heterocycles. The summed E-state index contributed by atoms with van der Waals surface area (Å²) in [5.74, 6) is -1.94. The van der Waals surface area contributed by atoms with E-state index in [1.165, 1.54) is 38.8 Å². The largest absolute Gasteiger partial charge is 0.490 e. The van der Waals surface area contributed by atoms with E-state index in [1.54, 1.807) is 6.33 Å². The molecule has 1 spiro atoms. The Morgan fingerprint density at radius 1 is 1.02 bits per heavy atom. The highest BCUT2D eigenvalue weighted by atomic mass is 19.4. The lowest BCUT2D eigenvalue weighted by Crippen LogP contribution is -2.45. The van der Waals surface area contributed by atoms with Gasteiger partial charge in [0, 0.05) is 58.9 Å². The molecule has 1 aromatic heterocycles. The molecule has 1 unspecified atom stereocenters. The van der Waals surface area contributed by atoms with Crippen LogP contribution >= 0.6 is 0 Å². The van der Waals surface area contributed by atoms with Gasteiger partial charge in [0.2, 0.25) is 0 Å². The van der Waals surface area contributed by atoms with Crippen molar-refractivity contribution in [3.05, 3.63) is 12.4 Å². The van der Waals surface area contributed by atoms with E-state index in [-0.39, 0.29) is 0 Å². The molecular weight excluding hydrogens is 552 g/mol. The van der Waals surface area contributed by atoms with Crippen molar-refractivity contribution in [2.24, 2.45) is 17.3 Å². The number of hydrogen-bond acceptors (Lipinski definition) is 8. The predicted molar refractivity (Wildman–Crippen MR) is 132 cm³/mol. The van der Waals surface area contributed by atoms with Crippen LogP contribution in [0.1, 0.15) is 25.7 Å². The van der Waals surface area contributed by atoms with E-state index in [2.05, 4.69) is 32.9 Å². The summed E-state index contributed by atoms with van der Waals surface area (Å²) in [6.07, 6.45) is -3.27. The molecule has 1 atom stereocenters. The molecule has 0 aromatic carbocycles. The molecular formula is C24H35F6N5O5. The van der Waals surface area contributed by atoms with Crippen molar-refractivity contribution in [3.8, 4) is 0 Å². The van der Waals surface area contributed by atoms with E-state index < -0.39 is 24.3 Å². The van der Waals surface area contributed by atoms with E-state index in [1.807, 2.05) is 19.0 Å². The molecule has 1 saturated carbocycles. The molecule has 40 heavy (non-hydrogen) atoms. The Morgan fingerprint density at radius 2 is 1.55 bits per heavy atom. The first-order valence-electron chi connectivity index (χ1n) is 12.6. The number of carboxylic acids is 2. The molecule has 0 bridgehead atoms. The number of carboxylic acid groups (broad SMARTS) is 2. The molecule has 0 amide bonds. The van der Waals surface area contributed by atoms with Crippen molar-refractivity contribution in [2.45, 2.75) is 38.0 Å². The van der Waals surface area contributed by atoms with Crippen LogP contribution in [0.3, 0.4) is 0 Å². The second-order valence-corrected chi connectivity index (χ2v) is 10.5. The molecule has 1 aromatic rings. The highest BCUT2D eigenvalue weighted by Gasteiger charge is 2.47. The summed E-state index contributed by atoms with van der Waals surface area (Å²) in [6, 6.07) is 2.11. The first kappa shape index (κ1) is 33.3. The van der Waals surface area contributed by atoms with E-state index in [9.17, 15) is 26.3 Å². The number of anilines is 2. The van der Waals surface area contributed by atoms with E-state index in [4.69, 9.17) is 24.5 Å². The fraction of sp³-hybridized carbons (Fsp3) is 0.750. The maximum atomic E-state index is 10.6. The van der Waals surface area contributed by atoms with Crippen molar-refractivity contribution in [1.82, 2.24) is 14.9 Å². The second-order valence-electron chi connectivity index (χ2n) is 10.5. The number of nitrogens with zero attached hydrogens (tertiary/aromatic N) is 5. The quantitative estimate of drug-likeness (QED) is 0.480. The SMILES string of the molecule is CN1CC(COCC2CC2)C2(CCN(c3cc(N(C)C)ncn3)CC2)C1.O=C(O)C(F)(F)F.O=C(O)C(F)(F)F. The van der Waals surface area contributed by atoms with Crippen molar-refractivity contribution in [3.63, 3.8) is 0 Å². The van der Waals surface area contributed by atoms with Gasteiger partial charge in [0.15, 0.2) is 0 Å². The van der Waals surface area contributed by atoms with Crippen molar-refractivity contribution in [1.29, 1.82) is 0 Å². The van der Waals surface area contributed by atoms with Crippen LogP contribution in [0, 0.1) is 17.3 Å². The topological polar surface area (TPSA) is 119 Å². The Morgan fingerprint density at radius 3 is 2.00 bits per heavy atom. The molecule has 4 rings (SSSR count). The Kier molecular flexibility index (Phi) is 11.4. The second kappa shape index (κ2) is 13.7. The molecule has 2 saturated heterocycles. The van der Waals surface area contributed by atoms with Gasteiger partial charge in [0.05, 0.1) is 6.61 Å². The average Bonchev–Trinajstić information content (AvgIpc) is 3.63. The van der Waals surface area contributed by atoms with Gasteiger partial charge in [0.25, 0.3) is 0 Å². The average molecular weight is 588 g/mol. The lowest BCUT2D eigenvalue weighted by atomic mass is 9.71. The van der Waals surface area contributed by atoms with Gasteiger partial charge in [-0.15, -0.1) is 0 Å². The van der Waals surface area contributed by atoms with Crippen LogP contribution in [0.2, 0.25) is 0 Å². The molecule has 16 heteroatoms. The van der Waals surface area contributed by atoms with Crippen LogP contribution in [0.25, 0.3) is 0 Å². The number of piperidine rings is 1. The number of aliphatic carboxylic acids is 2.